The van der Waals surface area contributed by atoms with Crippen LogP contribution < -0.4 is 21.3 Å². The third-order valence-electron chi connectivity index (χ3n) is 4.65. The molecule has 0 bridgehead atoms. The van der Waals surface area contributed by atoms with Gasteiger partial charge in [0.2, 0.25) is 0 Å². The summed E-state index contributed by atoms with van der Waals surface area (Å²) in [5, 5.41) is 0. The Labute approximate surface area is 180 Å². The fourth-order valence-corrected chi connectivity index (χ4v) is 2.91. The van der Waals surface area contributed by atoms with E-state index in [-0.39, 0.29) is 12.2 Å². The van der Waals surface area contributed by atoms with Gasteiger partial charge in [-0.15, -0.1) is 0 Å². The molecule has 7 nitrogen and oxygen atoms in total. The lowest BCUT2D eigenvalue weighted by Crippen LogP contribution is -2.41. The van der Waals surface area contributed by atoms with E-state index in [2.05, 4.69) is 10.9 Å². The molecule has 0 saturated heterocycles. The molecule has 0 saturated carbocycles. The van der Waals surface area contributed by atoms with Gasteiger partial charge in [0.15, 0.2) is 0 Å². The minimum Gasteiger partial charge on any atom is -0.488 e. The summed E-state index contributed by atoms with van der Waals surface area (Å²) in [6, 6.07) is 20.6. The van der Waals surface area contributed by atoms with Gasteiger partial charge in [-0.05, 0) is 53.9 Å². The lowest BCUT2D eigenvalue weighted by molar-refractivity contribution is 0.0846. The third kappa shape index (κ3) is 5.70. The monoisotopic (exact) mass is 417 g/mol. The first-order valence-electron chi connectivity index (χ1n) is 9.78. The van der Waals surface area contributed by atoms with Crippen molar-refractivity contribution in [1.29, 1.82) is 0 Å². The molecule has 0 aromatic heterocycles. The molecule has 0 aliphatic carbocycles. The number of aryl methyl sites for hydroxylation is 1. The zero-order valence-corrected chi connectivity index (χ0v) is 17.1. The van der Waals surface area contributed by atoms with Crippen molar-refractivity contribution in [2.45, 2.75) is 20.0 Å². The maximum atomic E-state index is 12.4. The maximum Gasteiger partial charge on any atom is 0.269 e. The number of rotatable bonds is 7. The summed E-state index contributed by atoms with van der Waals surface area (Å²) in [7, 11) is 0. The fraction of sp³-hybridized carbons (Fsp3) is 0.125. The van der Waals surface area contributed by atoms with Crippen LogP contribution in [-0.4, -0.2) is 17.7 Å². The third-order valence-corrected chi connectivity index (χ3v) is 4.65. The minimum absolute atomic E-state index is 0.140. The number of amides is 3. The Kier molecular flexibility index (Phi) is 7.01. The fourth-order valence-electron chi connectivity index (χ4n) is 2.91. The topological polar surface area (TPSA) is 111 Å². The Morgan fingerprint density at radius 2 is 1.48 bits per heavy atom. The number of carbonyl (C=O) groups excluding carboxylic acids is 3. The molecule has 3 aromatic rings. The van der Waals surface area contributed by atoms with Crippen LogP contribution in [-0.2, 0) is 13.0 Å². The van der Waals surface area contributed by atoms with Gasteiger partial charge in [-0.1, -0.05) is 43.3 Å². The van der Waals surface area contributed by atoms with Crippen molar-refractivity contribution in [2.24, 2.45) is 5.73 Å². The molecule has 31 heavy (non-hydrogen) atoms. The van der Waals surface area contributed by atoms with E-state index in [0.717, 1.165) is 12.0 Å². The molecule has 7 heteroatoms. The summed E-state index contributed by atoms with van der Waals surface area (Å²) in [5.74, 6) is -1.08. The highest BCUT2D eigenvalue weighted by molar-refractivity contribution is 5.99. The van der Waals surface area contributed by atoms with Gasteiger partial charge in [-0.2, -0.15) is 0 Å². The van der Waals surface area contributed by atoms with Gasteiger partial charge >= 0.3 is 0 Å². The van der Waals surface area contributed by atoms with Crippen LogP contribution in [0.1, 0.15) is 49.1 Å². The predicted molar refractivity (Wildman–Crippen MR) is 116 cm³/mol. The zero-order valence-electron chi connectivity index (χ0n) is 17.1. The molecule has 0 aliphatic heterocycles. The van der Waals surface area contributed by atoms with E-state index in [1.54, 1.807) is 60.7 Å². The van der Waals surface area contributed by atoms with E-state index in [1.165, 1.54) is 0 Å². The standard InChI is InChI=1S/C24H23N3O4/c1-2-16-10-12-18(13-11-16)23(29)26-27-24(30)19-7-5-6-17(14-19)15-31-21-9-4-3-8-20(21)22(25)28/h3-14H,2,15H2,1H3,(H2,25,28)(H,26,29)(H,27,30). The molecule has 3 amide bonds. The van der Waals surface area contributed by atoms with Crippen molar-refractivity contribution >= 4 is 17.7 Å². The Morgan fingerprint density at radius 3 is 2.16 bits per heavy atom. The highest BCUT2D eigenvalue weighted by atomic mass is 16.5. The number of para-hydroxylation sites is 1. The van der Waals surface area contributed by atoms with E-state index in [0.29, 0.717) is 22.4 Å². The van der Waals surface area contributed by atoms with Crippen molar-refractivity contribution in [2.75, 3.05) is 0 Å². The number of nitrogens with one attached hydrogen (secondary N) is 2. The minimum atomic E-state index is -0.580. The second-order valence-electron chi connectivity index (χ2n) is 6.81. The van der Waals surface area contributed by atoms with Gasteiger partial charge in [0.05, 0.1) is 5.56 Å². The molecule has 0 unspecified atom stereocenters. The van der Waals surface area contributed by atoms with E-state index >= 15 is 0 Å². The largest absolute Gasteiger partial charge is 0.488 e. The van der Waals surface area contributed by atoms with Crippen LogP contribution in [0.2, 0.25) is 0 Å². The van der Waals surface area contributed by atoms with E-state index < -0.39 is 17.7 Å². The van der Waals surface area contributed by atoms with Gasteiger partial charge in [0.25, 0.3) is 17.7 Å². The van der Waals surface area contributed by atoms with Gasteiger partial charge in [0.1, 0.15) is 12.4 Å². The average molecular weight is 417 g/mol. The number of benzene rings is 3. The highest BCUT2D eigenvalue weighted by Gasteiger charge is 2.11. The van der Waals surface area contributed by atoms with E-state index in [1.807, 2.05) is 19.1 Å². The van der Waals surface area contributed by atoms with Crippen molar-refractivity contribution in [1.82, 2.24) is 10.9 Å². The van der Waals surface area contributed by atoms with Crippen LogP contribution in [0.3, 0.4) is 0 Å². The summed E-state index contributed by atoms with van der Waals surface area (Å²) in [6.45, 7) is 2.17. The molecular weight excluding hydrogens is 394 g/mol. The summed E-state index contributed by atoms with van der Waals surface area (Å²) < 4.78 is 5.69. The number of hydrogen-bond acceptors (Lipinski definition) is 4. The lowest BCUT2D eigenvalue weighted by atomic mass is 10.1. The number of hydrazine groups is 1. The lowest BCUT2D eigenvalue weighted by Gasteiger charge is -2.11. The highest BCUT2D eigenvalue weighted by Crippen LogP contribution is 2.19. The molecular formula is C24H23N3O4. The molecule has 158 valence electrons. The molecule has 0 heterocycles. The van der Waals surface area contributed by atoms with Crippen LogP contribution in [0.4, 0.5) is 0 Å². The van der Waals surface area contributed by atoms with Crippen molar-refractivity contribution in [3.8, 4) is 5.75 Å². The quantitative estimate of drug-likeness (QED) is 0.513. The number of nitrogens with two attached hydrogens (primary N) is 1. The molecule has 3 aromatic carbocycles. The van der Waals surface area contributed by atoms with Crippen molar-refractivity contribution in [3.05, 3.63) is 101 Å². The molecule has 0 atom stereocenters. The van der Waals surface area contributed by atoms with Crippen LogP contribution in [0.15, 0.2) is 72.8 Å². The molecule has 0 fully saturated rings. The summed E-state index contributed by atoms with van der Waals surface area (Å²) in [5.41, 5.74) is 13.1. The van der Waals surface area contributed by atoms with Gasteiger partial charge in [0, 0.05) is 11.1 Å². The summed E-state index contributed by atoms with van der Waals surface area (Å²) in [4.78, 5) is 36.1. The van der Waals surface area contributed by atoms with Gasteiger partial charge in [-0.3, -0.25) is 25.2 Å². The number of primary amides is 1. The second-order valence-corrected chi connectivity index (χ2v) is 6.81. The molecule has 4 N–H and O–H groups in total. The first-order chi connectivity index (χ1) is 15.0. The number of hydrogen-bond donors (Lipinski definition) is 3. The molecule has 3 rings (SSSR count). The molecule has 0 radical (unpaired) electrons. The summed E-state index contributed by atoms with van der Waals surface area (Å²) >= 11 is 0. The Bertz CT molecular complexity index is 1090. The van der Waals surface area contributed by atoms with E-state index in [9.17, 15) is 14.4 Å². The van der Waals surface area contributed by atoms with Crippen LogP contribution >= 0.6 is 0 Å². The number of ether oxygens (including phenoxy) is 1. The average Bonchev–Trinajstić information content (AvgIpc) is 2.81. The van der Waals surface area contributed by atoms with Gasteiger partial charge in [-0.25, -0.2) is 0 Å². The Morgan fingerprint density at radius 1 is 0.806 bits per heavy atom. The maximum absolute atomic E-state index is 12.4. The van der Waals surface area contributed by atoms with Crippen molar-refractivity contribution < 1.29 is 19.1 Å². The van der Waals surface area contributed by atoms with E-state index in [4.69, 9.17) is 10.5 Å². The number of carbonyl (C=O) groups is 3. The first kappa shape index (κ1) is 21.6. The Hall–Kier alpha value is -4.13. The van der Waals surface area contributed by atoms with Crippen LogP contribution in [0.5, 0.6) is 5.75 Å². The molecule has 0 spiro atoms. The SMILES string of the molecule is CCc1ccc(C(=O)NNC(=O)c2cccc(COc3ccccc3C(N)=O)c2)cc1. The van der Waals surface area contributed by atoms with Crippen molar-refractivity contribution in [3.63, 3.8) is 0 Å². The predicted octanol–water partition coefficient (Wildman–Crippen LogP) is 3.00. The summed E-state index contributed by atoms with van der Waals surface area (Å²) in [6.07, 6.45) is 0.882. The van der Waals surface area contributed by atoms with Gasteiger partial charge < -0.3 is 10.5 Å². The first-order valence-corrected chi connectivity index (χ1v) is 9.78. The van der Waals surface area contributed by atoms with Crippen LogP contribution in [0, 0.1) is 0 Å². The zero-order chi connectivity index (χ0) is 22.2. The smallest absolute Gasteiger partial charge is 0.269 e. The second kappa shape index (κ2) is 10.1. The normalized spacial score (nSPS) is 10.2. The molecule has 0 aliphatic rings. The Balaban J connectivity index is 1.59. The van der Waals surface area contributed by atoms with Crippen LogP contribution in [0.25, 0.3) is 0 Å².